The quantitative estimate of drug-likeness (QED) is 0.0200. The number of unbranched alkanes of at least 4 members (excludes halogenated alkanes) is 1. The highest BCUT2D eigenvalue weighted by molar-refractivity contribution is 7.45. The molecule has 336 valence electrons. The lowest BCUT2D eigenvalue weighted by atomic mass is 10.2. The second kappa shape index (κ2) is 40.6. The number of esters is 2. The van der Waals surface area contributed by atoms with Crippen LogP contribution in [0.25, 0.3) is 0 Å². The smallest absolute Gasteiger partial charge is 0.306 e. The lowest BCUT2D eigenvalue weighted by Gasteiger charge is -2.28. The fourth-order valence-electron chi connectivity index (χ4n) is 4.83. The molecule has 9 nitrogen and oxygen atoms in total. The molecule has 60 heavy (non-hydrogen) atoms. The van der Waals surface area contributed by atoms with Gasteiger partial charge in [-0.2, -0.15) is 0 Å². The van der Waals surface area contributed by atoms with Gasteiger partial charge in [0.05, 0.1) is 27.7 Å². The molecule has 0 spiro atoms. The van der Waals surface area contributed by atoms with Crippen LogP contribution in [0.1, 0.15) is 117 Å². The van der Waals surface area contributed by atoms with E-state index in [1.165, 1.54) is 0 Å². The van der Waals surface area contributed by atoms with Gasteiger partial charge in [0.15, 0.2) is 6.10 Å². The average molecular weight is 852 g/mol. The predicted molar refractivity (Wildman–Crippen MR) is 249 cm³/mol. The Bertz CT molecular complexity index is 1470. The number of phosphoric acid groups is 1. The molecule has 0 radical (unpaired) electrons. The third-order valence-corrected chi connectivity index (χ3v) is 9.14. The molecule has 0 saturated heterocycles. The molecule has 10 heteroatoms. The van der Waals surface area contributed by atoms with Crippen LogP contribution < -0.4 is 4.89 Å². The van der Waals surface area contributed by atoms with Crippen molar-refractivity contribution in [3.63, 3.8) is 0 Å². The number of hydrogen-bond donors (Lipinski definition) is 0. The SMILES string of the molecule is CC/C=C\C/C=C\C/C=C\C/C=C\C/C=C\C/C=C\CCC(=O)OC(COC(=O)CCC/C=C\C/C=C\C/C=C\C/C=C\C/C=C\CC)COP(=O)([O-])OCC[N+](C)(C)C. The Morgan fingerprint density at radius 2 is 0.900 bits per heavy atom. The van der Waals surface area contributed by atoms with E-state index in [1.807, 2.05) is 39.4 Å². The predicted octanol–water partition coefficient (Wildman–Crippen LogP) is 12.0. The van der Waals surface area contributed by atoms with Crippen molar-refractivity contribution in [2.75, 3.05) is 47.5 Å². The zero-order valence-electron chi connectivity index (χ0n) is 37.6. The van der Waals surface area contributed by atoms with E-state index >= 15 is 0 Å². The van der Waals surface area contributed by atoms with E-state index in [0.717, 1.165) is 70.6 Å². The maximum Gasteiger partial charge on any atom is 0.306 e. The molecule has 0 saturated carbocycles. The summed E-state index contributed by atoms with van der Waals surface area (Å²) in [6.07, 6.45) is 57.9. The summed E-state index contributed by atoms with van der Waals surface area (Å²) in [4.78, 5) is 37.5. The van der Waals surface area contributed by atoms with Crippen molar-refractivity contribution < 1.29 is 42.1 Å². The van der Waals surface area contributed by atoms with E-state index in [9.17, 15) is 19.0 Å². The van der Waals surface area contributed by atoms with Crippen molar-refractivity contribution in [1.29, 1.82) is 0 Å². The molecular formula is C50H78NO8P. The summed E-state index contributed by atoms with van der Waals surface area (Å²) in [5.41, 5.74) is 0. The monoisotopic (exact) mass is 852 g/mol. The van der Waals surface area contributed by atoms with Gasteiger partial charge in [-0.05, 0) is 89.9 Å². The van der Waals surface area contributed by atoms with Crippen molar-refractivity contribution >= 4 is 19.8 Å². The van der Waals surface area contributed by atoms with Crippen LogP contribution >= 0.6 is 7.82 Å². The molecule has 2 atom stereocenters. The van der Waals surface area contributed by atoms with Crippen LogP contribution in [-0.2, 0) is 32.7 Å². The van der Waals surface area contributed by atoms with E-state index in [1.54, 1.807) is 0 Å². The number of ether oxygens (including phenoxy) is 2. The second-order valence-electron chi connectivity index (χ2n) is 14.9. The first kappa shape index (κ1) is 56.1. The fraction of sp³-hybridized carbons (Fsp3) is 0.520. The topological polar surface area (TPSA) is 111 Å². The number of likely N-dealkylation sites (N-methyl/N-ethyl adjacent to an activating group) is 1. The van der Waals surface area contributed by atoms with Gasteiger partial charge in [0.1, 0.15) is 19.8 Å². The summed E-state index contributed by atoms with van der Waals surface area (Å²) < 4.78 is 33.7. The van der Waals surface area contributed by atoms with Crippen LogP contribution in [0.5, 0.6) is 0 Å². The third kappa shape index (κ3) is 43.7. The van der Waals surface area contributed by atoms with Gasteiger partial charge in [-0.1, -0.05) is 148 Å². The Labute approximate surface area is 364 Å². The maximum atomic E-state index is 12.6. The molecule has 0 N–H and O–H groups in total. The standard InChI is InChI=1S/C50H78NO8P/c1-6-8-10-12-14-16-18-20-22-24-25-27-29-31-33-35-37-39-41-43-50(53)59-48(47-58-60(54,55)57-45-44-51(3,4)5)46-56-49(52)42-40-38-36-34-32-30-28-26-23-21-19-17-15-13-11-9-7-2/h8-11,14-17,20-23,25,27-28,30-31,33-34,36-37,39,48H,6-7,12-13,18-19,24,26,29,32,35,38,40-47H2,1-5H3/b10-8-,11-9-,16-14-,17-15-,22-20-,23-21-,27-25-,30-28-,33-31-,36-34-,39-37-. The molecule has 0 rings (SSSR count). The minimum atomic E-state index is -4.67. The van der Waals surface area contributed by atoms with Crippen LogP contribution in [0.2, 0.25) is 0 Å². The molecule has 0 aromatic heterocycles. The molecule has 0 heterocycles. The normalized spacial score (nSPS) is 14.8. The van der Waals surface area contributed by atoms with Crippen LogP contribution in [0.4, 0.5) is 0 Å². The third-order valence-electron chi connectivity index (χ3n) is 8.18. The number of carbonyl (C=O) groups excluding carboxylic acids is 2. The minimum absolute atomic E-state index is 0.0619. The van der Waals surface area contributed by atoms with Gasteiger partial charge in [0.2, 0.25) is 0 Å². The largest absolute Gasteiger partial charge is 0.756 e. The molecule has 0 bridgehead atoms. The van der Waals surface area contributed by atoms with Crippen LogP contribution in [0.15, 0.2) is 134 Å². The van der Waals surface area contributed by atoms with Gasteiger partial charge in [-0.3, -0.25) is 14.2 Å². The van der Waals surface area contributed by atoms with Gasteiger partial charge in [-0.15, -0.1) is 0 Å². The van der Waals surface area contributed by atoms with Gasteiger partial charge in [0.25, 0.3) is 7.82 Å². The molecular weight excluding hydrogens is 774 g/mol. The van der Waals surface area contributed by atoms with Crippen molar-refractivity contribution in [3.05, 3.63) is 134 Å². The lowest BCUT2D eigenvalue weighted by molar-refractivity contribution is -0.870. The van der Waals surface area contributed by atoms with Crippen LogP contribution in [0.3, 0.4) is 0 Å². The van der Waals surface area contributed by atoms with Crippen molar-refractivity contribution in [2.24, 2.45) is 0 Å². The zero-order valence-corrected chi connectivity index (χ0v) is 38.5. The maximum absolute atomic E-state index is 12.6. The molecule has 0 aliphatic carbocycles. The zero-order chi connectivity index (χ0) is 44.3. The molecule has 0 amide bonds. The number of hydrogen-bond acceptors (Lipinski definition) is 8. The molecule has 2 unspecified atom stereocenters. The Kier molecular flexibility index (Phi) is 37.9. The Morgan fingerprint density at radius 3 is 1.30 bits per heavy atom. The number of allylic oxidation sites excluding steroid dienone is 22. The number of rotatable bonds is 37. The van der Waals surface area contributed by atoms with Crippen LogP contribution in [-0.4, -0.2) is 70.0 Å². The van der Waals surface area contributed by atoms with E-state index in [2.05, 4.69) is 129 Å². The van der Waals surface area contributed by atoms with Gasteiger partial charge in [-0.25, -0.2) is 0 Å². The van der Waals surface area contributed by atoms with Gasteiger partial charge >= 0.3 is 11.9 Å². The number of phosphoric ester groups is 1. The van der Waals surface area contributed by atoms with E-state index in [4.69, 9.17) is 18.5 Å². The highest BCUT2D eigenvalue weighted by Gasteiger charge is 2.21. The Balaban J connectivity index is 4.62. The lowest BCUT2D eigenvalue weighted by Crippen LogP contribution is -2.37. The summed E-state index contributed by atoms with van der Waals surface area (Å²) in [6, 6.07) is 0. The molecule has 0 aromatic carbocycles. The summed E-state index contributed by atoms with van der Waals surface area (Å²) in [5, 5.41) is 0. The van der Waals surface area contributed by atoms with Gasteiger partial charge in [0, 0.05) is 12.8 Å². The summed E-state index contributed by atoms with van der Waals surface area (Å²) in [7, 11) is 1.06. The fourth-order valence-corrected chi connectivity index (χ4v) is 5.56. The molecule has 0 aliphatic rings. The second-order valence-corrected chi connectivity index (χ2v) is 16.4. The van der Waals surface area contributed by atoms with E-state index < -0.39 is 32.5 Å². The van der Waals surface area contributed by atoms with Crippen LogP contribution in [0, 0.1) is 0 Å². The van der Waals surface area contributed by atoms with Crippen molar-refractivity contribution in [1.82, 2.24) is 0 Å². The Hall–Kier alpha value is -3.85. The summed E-state index contributed by atoms with van der Waals surface area (Å²) in [5.74, 6) is -1.02. The Morgan fingerprint density at radius 1 is 0.517 bits per heavy atom. The summed E-state index contributed by atoms with van der Waals surface area (Å²) in [6.45, 7) is 3.80. The number of carbonyl (C=O) groups is 2. The number of quaternary nitrogens is 1. The van der Waals surface area contributed by atoms with E-state index in [0.29, 0.717) is 30.3 Å². The molecule has 0 aliphatic heterocycles. The first-order valence-electron chi connectivity index (χ1n) is 21.9. The van der Waals surface area contributed by atoms with Crippen molar-refractivity contribution in [2.45, 2.75) is 123 Å². The molecule has 0 fully saturated rings. The number of nitrogens with zero attached hydrogens (tertiary/aromatic N) is 1. The van der Waals surface area contributed by atoms with Gasteiger partial charge < -0.3 is 27.9 Å². The van der Waals surface area contributed by atoms with Crippen molar-refractivity contribution in [3.8, 4) is 0 Å². The minimum Gasteiger partial charge on any atom is -0.756 e. The summed E-state index contributed by atoms with van der Waals surface area (Å²) >= 11 is 0. The highest BCUT2D eigenvalue weighted by atomic mass is 31.2. The highest BCUT2D eigenvalue weighted by Crippen LogP contribution is 2.38. The molecule has 0 aromatic rings. The average Bonchev–Trinajstić information content (AvgIpc) is 3.20. The first-order chi connectivity index (χ1) is 29.0. The first-order valence-corrected chi connectivity index (χ1v) is 23.4. The van der Waals surface area contributed by atoms with E-state index in [-0.39, 0.29) is 26.1 Å².